The molecule has 0 bridgehead atoms. The Bertz CT molecular complexity index is 1310. The Morgan fingerprint density at radius 2 is 1.59 bits per heavy atom. The summed E-state index contributed by atoms with van der Waals surface area (Å²) in [4.78, 5) is 50.5. The summed E-state index contributed by atoms with van der Waals surface area (Å²) in [7, 11) is -3.64. The molecule has 0 aliphatic rings. The molecule has 3 aromatic carbocycles. The van der Waals surface area contributed by atoms with Gasteiger partial charge in [-0.25, -0.2) is 9.36 Å². The normalized spacial score (nSPS) is 13.0. The number of benzene rings is 3. The maximum absolute atomic E-state index is 14.0. The van der Waals surface area contributed by atoms with Crippen LogP contribution in [0, 0.1) is 10.1 Å². The van der Waals surface area contributed by atoms with Crippen LogP contribution in [0.4, 0.5) is 10.5 Å². The molecule has 0 heterocycles. The fraction of sp³-hybridized carbons (Fsp3) is 0.192. The Hall–Kier alpha value is -3.83. The van der Waals surface area contributed by atoms with Gasteiger partial charge in [-0.05, 0) is 28.8 Å². The van der Waals surface area contributed by atoms with Crippen LogP contribution in [0.2, 0.25) is 0 Å². The third-order valence-corrected chi connectivity index (χ3v) is 7.92. The Kier molecular flexibility index (Phi) is 10.5. The minimum atomic E-state index is -5.04. The number of aliphatic imine (C=N–C) groups is 1. The first-order chi connectivity index (χ1) is 18.7. The third-order valence-electron chi connectivity index (χ3n) is 5.33. The summed E-state index contributed by atoms with van der Waals surface area (Å²) in [5.74, 6) is -0.206. The van der Waals surface area contributed by atoms with Crippen LogP contribution >= 0.6 is 19.4 Å². The number of ether oxygens (including phenoxy) is 2. The number of nitro benzene ring substituents is 1. The van der Waals surface area contributed by atoms with Crippen molar-refractivity contribution >= 4 is 42.5 Å². The third kappa shape index (κ3) is 7.61. The van der Waals surface area contributed by atoms with Crippen molar-refractivity contribution in [1.29, 1.82) is 0 Å². The van der Waals surface area contributed by atoms with E-state index in [1.807, 2.05) is 0 Å². The SMILES string of the molecule is COCC(=O)CSC=NC(c1ccccc1)(c1ccccc1)P(=O)(O)OC(=O)OCc1ccc([N+](=O)[O-])cc1. The van der Waals surface area contributed by atoms with E-state index < -0.39 is 24.0 Å². The summed E-state index contributed by atoms with van der Waals surface area (Å²) >= 11 is 0.990. The van der Waals surface area contributed by atoms with Gasteiger partial charge in [0.05, 0.1) is 16.2 Å². The van der Waals surface area contributed by atoms with Crippen LogP contribution in [0.5, 0.6) is 0 Å². The van der Waals surface area contributed by atoms with E-state index in [1.54, 1.807) is 60.7 Å². The van der Waals surface area contributed by atoms with Gasteiger partial charge in [0, 0.05) is 19.2 Å². The molecule has 0 aliphatic carbocycles. The Morgan fingerprint density at radius 3 is 2.10 bits per heavy atom. The van der Waals surface area contributed by atoms with Gasteiger partial charge < -0.3 is 18.9 Å². The smallest absolute Gasteiger partial charge is 0.429 e. The molecule has 11 nitrogen and oxygen atoms in total. The molecule has 0 saturated heterocycles. The molecule has 3 aromatic rings. The average Bonchev–Trinajstić information content (AvgIpc) is 2.93. The number of carbonyl (C=O) groups excluding carboxylic acids is 2. The quantitative estimate of drug-likeness (QED) is 0.0711. The second-order valence-corrected chi connectivity index (χ2v) is 10.7. The highest BCUT2D eigenvalue weighted by Gasteiger charge is 2.54. The molecule has 3 rings (SSSR count). The highest BCUT2D eigenvalue weighted by molar-refractivity contribution is 8.12. The van der Waals surface area contributed by atoms with E-state index in [9.17, 15) is 29.2 Å². The minimum absolute atomic E-state index is 0.00483. The standard InChI is InChI=1S/C26H25N2O9PS/c1-35-17-24(29)18-39-19-27-26(21-8-4-2-5-9-21,22-10-6-3-7-11-22)38(33,34)37-25(30)36-16-20-12-14-23(15-13-20)28(31)32/h2-15,19H,16-18H2,1H3,(H,33,34). The second-order valence-electron chi connectivity index (χ2n) is 8.00. The van der Waals surface area contributed by atoms with Gasteiger partial charge in [-0.3, -0.25) is 19.9 Å². The maximum Gasteiger partial charge on any atom is 0.515 e. The van der Waals surface area contributed by atoms with E-state index in [4.69, 9.17) is 14.0 Å². The maximum atomic E-state index is 14.0. The summed E-state index contributed by atoms with van der Waals surface area (Å²) in [6.07, 6.45) is -1.44. The fourth-order valence-electron chi connectivity index (χ4n) is 3.55. The minimum Gasteiger partial charge on any atom is -0.429 e. The summed E-state index contributed by atoms with van der Waals surface area (Å²) in [6, 6.07) is 21.5. The number of carbonyl (C=O) groups is 2. The molecule has 0 saturated carbocycles. The Morgan fingerprint density at radius 1 is 1.03 bits per heavy atom. The van der Waals surface area contributed by atoms with Crippen molar-refractivity contribution in [3.8, 4) is 0 Å². The van der Waals surface area contributed by atoms with E-state index in [0.717, 1.165) is 11.8 Å². The molecule has 0 aliphatic heterocycles. The number of Topliss-reactive ketones (excluding diaryl/α,β-unsaturated/α-hetero) is 1. The molecular formula is C26H25N2O9PS. The predicted molar refractivity (Wildman–Crippen MR) is 146 cm³/mol. The first-order valence-corrected chi connectivity index (χ1v) is 14.0. The Labute approximate surface area is 228 Å². The number of ketones is 1. The predicted octanol–water partition coefficient (Wildman–Crippen LogP) is 5.31. The lowest BCUT2D eigenvalue weighted by molar-refractivity contribution is -0.384. The molecule has 0 radical (unpaired) electrons. The van der Waals surface area contributed by atoms with Crippen molar-refractivity contribution in [1.82, 2.24) is 0 Å². The lowest BCUT2D eigenvalue weighted by atomic mass is 9.98. The van der Waals surface area contributed by atoms with Crippen LogP contribution < -0.4 is 0 Å². The topological polar surface area (TPSA) is 155 Å². The lowest BCUT2D eigenvalue weighted by Gasteiger charge is -2.33. The van der Waals surface area contributed by atoms with Crippen LogP contribution in [-0.2, 0) is 35.2 Å². The monoisotopic (exact) mass is 572 g/mol. The zero-order valence-electron chi connectivity index (χ0n) is 20.7. The van der Waals surface area contributed by atoms with Gasteiger partial charge in [-0.1, -0.05) is 60.7 Å². The van der Waals surface area contributed by atoms with E-state index in [0.29, 0.717) is 5.56 Å². The number of hydrogen-bond acceptors (Lipinski definition) is 10. The number of rotatable bonds is 13. The van der Waals surface area contributed by atoms with Gasteiger partial charge >= 0.3 is 13.8 Å². The molecule has 0 spiro atoms. The molecule has 204 valence electrons. The number of non-ortho nitro benzene ring substituents is 1. The van der Waals surface area contributed by atoms with Crippen LogP contribution in [0.3, 0.4) is 0 Å². The average molecular weight is 573 g/mol. The van der Waals surface area contributed by atoms with E-state index in [2.05, 4.69) is 4.99 Å². The lowest BCUT2D eigenvalue weighted by Crippen LogP contribution is -2.28. The van der Waals surface area contributed by atoms with Gasteiger partial charge in [0.2, 0.25) is 5.28 Å². The van der Waals surface area contributed by atoms with Crippen molar-refractivity contribution in [2.45, 2.75) is 11.9 Å². The molecule has 1 atom stereocenters. The summed E-state index contributed by atoms with van der Waals surface area (Å²) < 4.78 is 28.9. The van der Waals surface area contributed by atoms with E-state index in [1.165, 1.54) is 36.9 Å². The zero-order valence-corrected chi connectivity index (χ0v) is 22.5. The summed E-state index contributed by atoms with van der Waals surface area (Å²) in [5, 5.41) is 8.74. The number of hydrogen-bond donors (Lipinski definition) is 1. The molecule has 0 amide bonds. The summed E-state index contributed by atoms with van der Waals surface area (Å²) in [5.41, 5.74) is 2.03. The van der Waals surface area contributed by atoms with E-state index in [-0.39, 0.29) is 41.6 Å². The first kappa shape index (κ1) is 29.7. The number of nitro groups is 1. The molecular weight excluding hydrogens is 547 g/mol. The second kappa shape index (κ2) is 13.8. The van der Waals surface area contributed by atoms with Crippen LogP contribution in [0.1, 0.15) is 16.7 Å². The van der Waals surface area contributed by atoms with Crippen LogP contribution in [0.25, 0.3) is 0 Å². The van der Waals surface area contributed by atoms with Crippen molar-refractivity contribution in [3.63, 3.8) is 0 Å². The van der Waals surface area contributed by atoms with Gasteiger partial charge in [-0.15, -0.1) is 11.8 Å². The largest absolute Gasteiger partial charge is 0.515 e. The van der Waals surface area contributed by atoms with Gasteiger partial charge in [0.1, 0.15) is 13.2 Å². The molecule has 1 unspecified atom stereocenters. The molecule has 39 heavy (non-hydrogen) atoms. The van der Waals surface area contributed by atoms with Crippen LogP contribution in [-0.4, -0.2) is 46.8 Å². The molecule has 0 fully saturated rings. The van der Waals surface area contributed by atoms with E-state index >= 15 is 0 Å². The highest BCUT2D eigenvalue weighted by atomic mass is 32.2. The van der Waals surface area contributed by atoms with Gasteiger partial charge in [0.25, 0.3) is 5.69 Å². The number of methoxy groups -OCH3 is 1. The highest BCUT2D eigenvalue weighted by Crippen LogP contribution is 2.65. The molecule has 13 heteroatoms. The molecule has 1 N–H and O–H groups in total. The Balaban J connectivity index is 1.92. The van der Waals surface area contributed by atoms with Crippen molar-refractivity contribution in [2.75, 3.05) is 19.5 Å². The summed E-state index contributed by atoms with van der Waals surface area (Å²) in [6.45, 7) is -0.452. The number of nitrogens with zero attached hydrogens (tertiary/aromatic N) is 2. The van der Waals surface area contributed by atoms with Crippen molar-refractivity contribution in [2.24, 2.45) is 4.99 Å². The van der Waals surface area contributed by atoms with Gasteiger partial charge in [0.15, 0.2) is 5.78 Å². The zero-order chi connectivity index (χ0) is 28.3. The fourth-order valence-corrected chi connectivity index (χ4v) is 5.75. The molecule has 0 aromatic heterocycles. The van der Waals surface area contributed by atoms with Gasteiger partial charge in [-0.2, -0.15) is 0 Å². The van der Waals surface area contributed by atoms with Crippen LogP contribution in [0.15, 0.2) is 89.9 Å². The van der Waals surface area contributed by atoms with Crippen molar-refractivity contribution < 1.29 is 38.0 Å². The number of thioether (sulfide) groups is 1. The first-order valence-electron chi connectivity index (χ1n) is 11.4. The van der Waals surface area contributed by atoms with Crippen molar-refractivity contribution in [3.05, 3.63) is 112 Å².